The topological polar surface area (TPSA) is 87.2 Å². The number of rotatable bonds is 5. The lowest BCUT2D eigenvalue weighted by Gasteiger charge is -2.15. The first-order chi connectivity index (χ1) is 16.9. The second-order valence-electron chi connectivity index (χ2n) is 8.16. The molecule has 35 heavy (non-hydrogen) atoms. The van der Waals surface area contributed by atoms with Crippen LogP contribution < -0.4 is 10.9 Å². The second-order valence-corrected chi connectivity index (χ2v) is 8.16. The largest absolute Gasteiger partial charge is 0.329 e. The smallest absolute Gasteiger partial charge is 0.303 e. The molecule has 2 aromatic carbocycles. The highest BCUT2D eigenvalue weighted by molar-refractivity contribution is 6.14. The number of urea groups is 1. The van der Waals surface area contributed by atoms with Gasteiger partial charge in [0.15, 0.2) is 0 Å². The Balaban J connectivity index is 1.55. The van der Waals surface area contributed by atoms with Gasteiger partial charge in [0, 0.05) is 12.0 Å². The zero-order valence-electron chi connectivity index (χ0n) is 18.4. The first-order valence-corrected chi connectivity index (χ1v) is 10.9. The van der Waals surface area contributed by atoms with Gasteiger partial charge >= 0.3 is 6.03 Å². The number of H-pyrrole nitrogens is 1. The molecule has 1 aromatic heterocycles. The number of nitrogens with one attached hydrogen (secondary N) is 2. The van der Waals surface area contributed by atoms with E-state index < -0.39 is 29.5 Å². The standard InChI is InChI=1S/C26H20F2N4O3/c27-18-9-11-20(12-10-18)32-24(33)21(23(30-32)17-6-2-1-3-7-17)14-22-25(34)31(26(35)29-22)15-16-5-4-8-19(28)13-16/h1-7,9-14,19,30H,8,15H2,(H,29,35)/b22-14-. The molecular weight excluding hydrogens is 454 g/mol. The number of halogens is 2. The lowest BCUT2D eigenvalue weighted by Crippen LogP contribution is -2.32. The summed E-state index contributed by atoms with van der Waals surface area (Å²) in [5.41, 5.74) is 1.60. The quantitative estimate of drug-likeness (QED) is 0.431. The maximum atomic E-state index is 13.7. The number of allylic oxidation sites excluding steroid dienone is 2. The highest BCUT2D eigenvalue weighted by Crippen LogP contribution is 2.24. The van der Waals surface area contributed by atoms with Gasteiger partial charge in [0.25, 0.3) is 11.5 Å². The predicted molar refractivity (Wildman–Crippen MR) is 127 cm³/mol. The predicted octanol–water partition coefficient (Wildman–Crippen LogP) is 4.09. The van der Waals surface area contributed by atoms with E-state index in [9.17, 15) is 23.2 Å². The molecule has 1 aliphatic heterocycles. The molecule has 9 heteroatoms. The van der Waals surface area contributed by atoms with Crippen LogP contribution >= 0.6 is 0 Å². The van der Waals surface area contributed by atoms with Crippen LogP contribution in [0.1, 0.15) is 12.0 Å². The van der Waals surface area contributed by atoms with Crippen molar-refractivity contribution in [1.29, 1.82) is 0 Å². The molecule has 2 aliphatic rings. The van der Waals surface area contributed by atoms with Crippen LogP contribution in [0, 0.1) is 5.82 Å². The molecule has 3 amide bonds. The number of benzene rings is 2. The minimum Gasteiger partial charge on any atom is -0.303 e. The van der Waals surface area contributed by atoms with E-state index >= 15 is 0 Å². The molecule has 0 radical (unpaired) electrons. The third kappa shape index (κ3) is 4.35. The Bertz CT molecular complexity index is 1450. The van der Waals surface area contributed by atoms with Gasteiger partial charge in [0.2, 0.25) is 0 Å². The number of carbonyl (C=O) groups excluding carboxylic acids is 2. The Hall–Kier alpha value is -4.53. The molecule has 1 saturated heterocycles. The molecule has 2 N–H and O–H groups in total. The van der Waals surface area contributed by atoms with E-state index in [2.05, 4.69) is 10.4 Å². The van der Waals surface area contributed by atoms with Crippen molar-refractivity contribution < 1.29 is 18.4 Å². The average Bonchev–Trinajstić information content (AvgIpc) is 3.31. The number of hydrogen-bond acceptors (Lipinski definition) is 3. The molecule has 1 atom stereocenters. The summed E-state index contributed by atoms with van der Waals surface area (Å²) in [7, 11) is 0. The molecule has 1 unspecified atom stereocenters. The van der Waals surface area contributed by atoms with Crippen LogP contribution in [-0.2, 0) is 4.79 Å². The van der Waals surface area contributed by atoms with Crippen LogP contribution in [0.15, 0.2) is 88.9 Å². The zero-order chi connectivity index (χ0) is 24.5. The molecular formula is C26H20F2N4O3. The van der Waals surface area contributed by atoms with Crippen molar-refractivity contribution in [3.63, 3.8) is 0 Å². The number of nitrogens with zero attached hydrogens (tertiary/aromatic N) is 2. The summed E-state index contributed by atoms with van der Waals surface area (Å²) in [5, 5.41) is 5.53. The lowest BCUT2D eigenvalue weighted by atomic mass is 10.1. The Morgan fingerprint density at radius 2 is 1.77 bits per heavy atom. The van der Waals surface area contributed by atoms with Crippen molar-refractivity contribution in [1.82, 2.24) is 20.0 Å². The molecule has 2 heterocycles. The summed E-state index contributed by atoms with van der Waals surface area (Å²) in [5.74, 6) is -1.07. The van der Waals surface area contributed by atoms with Crippen molar-refractivity contribution >= 4 is 18.0 Å². The van der Waals surface area contributed by atoms with Gasteiger partial charge in [-0.3, -0.25) is 19.6 Å². The molecule has 1 fully saturated rings. The Kier molecular flexibility index (Phi) is 5.74. The van der Waals surface area contributed by atoms with Gasteiger partial charge in [-0.25, -0.2) is 18.3 Å². The van der Waals surface area contributed by atoms with Crippen LogP contribution in [0.2, 0.25) is 0 Å². The Morgan fingerprint density at radius 3 is 2.49 bits per heavy atom. The van der Waals surface area contributed by atoms with E-state index in [-0.39, 0.29) is 24.2 Å². The first-order valence-electron chi connectivity index (χ1n) is 10.9. The summed E-state index contributed by atoms with van der Waals surface area (Å²) in [6, 6.07) is 13.7. The number of carbonyl (C=O) groups is 2. The van der Waals surface area contributed by atoms with Crippen LogP contribution in [0.25, 0.3) is 23.0 Å². The summed E-state index contributed by atoms with van der Waals surface area (Å²) in [6.45, 7) is -0.0859. The summed E-state index contributed by atoms with van der Waals surface area (Å²) in [6.07, 6.45) is 5.13. The van der Waals surface area contributed by atoms with Gasteiger partial charge < -0.3 is 5.32 Å². The van der Waals surface area contributed by atoms with Crippen molar-refractivity contribution in [2.24, 2.45) is 0 Å². The van der Waals surface area contributed by atoms with Gasteiger partial charge in [0.05, 0.1) is 23.5 Å². The highest BCUT2D eigenvalue weighted by atomic mass is 19.1. The summed E-state index contributed by atoms with van der Waals surface area (Å²) >= 11 is 0. The van der Waals surface area contributed by atoms with Crippen molar-refractivity contribution in [2.45, 2.75) is 12.6 Å². The van der Waals surface area contributed by atoms with E-state index in [1.165, 1.54) is 41.1 Å². The number of imide groups is 1. The maximum absolute atomic E-state index is 13.7. The zero-order valence-corrected chi connectivity index (χ0v) is 18.4. The average molecular weight is 474 g/mol. The molecule has 7 nitrogen and oxygen atoms in total. The van der Waals surface area contributed by atoms with Crippen LogP contribution in [0.4, 0.5) is 13.6 Å². The SMILES string of the molecule is O=C1N/C(=C\c2c(-c3ccccc3)[nH]n(-c3ccc(F)cc3)c2=O)C(=O)N1CC1=CC(F)CC=C1. The van der Waals surface area contributed by atoms with Gasteiger partial charge in [-0.1, -0.05) is 42.5 Å². The third-order valence-corrected chi connectivity index (χ3v) is 5.75. The maximum Gasteiger partial charge on any atom is 0.329 e. The first kappa shape index (κ1) is 22.3. The number of aromatic amines is 1. The van der Waals surface area contributed by atoms with E-state index in [0.29, 0.717) is 22.5 Å². The minimum atomic E-state index is -1.16. The summed E-state index contributed by atoms with van der Waals surface area (Å²) < 4.78 is 28.3. The van der Waals surface area contributed by atoms with E-state index in [4.69, 9.17) is 0 Å². The van der Waals surface area contributed by atoms with E-state index in [0.717, 1.165) is 4.90 Å². The molecule has 0 spiro atoms. The Labute approximate surface area is 198 Å². The fraction of sp³-hybridized carbons (Fsp3) is 0.115. The fourth-order valence-corrected chi connectivity index (χ4v) is 4.03. The number of aromatic nitrogens is 2. The van der Waals surface area contributed by atoms with Gasteiger partial charge in [-0.15, -0.1) is 0 Å². The minimum absolute atomic E-state index is 0.0771. The van der Waals surface area contributed by atoms with Crippen LogP contribution in [0.3, 0.4) is 0 Å². The summed E-state index contributed by atoms with van der Waals surface area (Å²) in [4.78, 5) is 39.9. The number of hydrogen-bond donors (Lipinski definition) is 2. The van der Waals surface area contributed by atoms with E-state index in [1.54, 1.807) is 36.4 Å². The molecule has 0 saturated carbocycles. The van der Waals surface area contributed by atoms with Crippen LogP contribution in [-0.4, -0.2) is 39.3 Å². The molecule has 5 rings (SSSR count). The van der Waals surface area contributed by atoms with Crippen molar-refractivity contribution in [3.8, 4) is 16.9 Å². The lowest BCUT2D eigenvalue weighted by molar-refractivity contribution is -0.122. The second kappa shape index (κ2) is 9.02. The molecule has 176 valence electrons. The number of amides is 3. The molecule has 1 aliphatic carbocycles. The monoisotopic (exact) mass is 474 g/mol. The fourth-order valence-electron chi connectivity index (χ4n) is 4.03. The number of alkyl halides is 1. The molecule has 0 bridgehead atoms. The van der Waals surface area contributed by atoms with Gasteiger partial charge in [-0.2, -0.15) is 0 Å². The van der Waals surface area contributed by atoms with Gasteiger partial charge in [0.1, 0.15) is 17.7 Å². The molecule has 3 aromatic rings. The Morgan fingerprint density at radius 1 is 1.03 bits per heavy atom. The highest BCUT2D eigenvalue weighted by Gasteiger charge is 2.34. The van der Waals surface area contributed by atoms with Crippen molar-refractivity contribution in [3.05, 3.63) is 106 Å². The van der Waals surface area contributed by atoms with Gasteiger partial charge in [-0.05, 0) is 42.0 Å². The van der Waals surface area contributed by atoms with Crippen molar-refractivity contribution in [2.75, 3.05) is 6.54 Å². The van der Waals surface area contributed by atoms with E-state index in [1.807, 2.05) is 6.07 Å². The normalized spacial score (nSPS) is 18.8. The third-order valence-electron chi connectivity index (χ3n) is 5.75. The van der Waals surface area contributed by atoms with Crippen LogP contribution in [0.5, 0.6) is 0 Å².